The van der Waals surface area contributed by atoms with Gasteiger partial charge in [0.05, 0.1) is 22.3 Å². The summed E-state index contributed by atoms with van der Waals surface area (Å²) in [6.45, 7) is 6.90. The average Bonchev–Trinajstić information content (AvgIpc) is 3.27. The van der Waals surface area contributed by atoms with Crippen LogP contribution in [0.15, 0.2) is 42.2 Å². The van der Waals surface area contributed by atoms with Gasteiger partial charge in [-0.15, -0.1) is 0 Å². The normalized spacial score (nSPS) is 18.6. The first kappa shape index (κ1) is 22.1. The lowest BCUT2D eigenvalue weighted by Gasteiger charge is -2.19. The number of benzene rings is 2. The molecule has 1 amide bonds. The van der Waals surface area contributed by atoms with Gasteiger partial charge < -0.3 is 19.5 Å². The van der Waals surface area contributed by atoms with Crippen LogP contribution in [0.25, 0.3) is 0 Å². The number of hydrogen-bond donors (Lipinski definition) is 1. The van der Waals surface area contributed by atoms with Crippen LogP contribution in [0.1, 0.15) is 16.7 Å². The first-order valence-electron chi connectivity index (χ1n) is 10.8. The first-order valence-corrected chi connectivity index (χ1v) is 14.0. The Balaban J connectivity index is 1.50. The highest BCUT2D eigenvalue weighted by atomic mass is 28.3. The second-order valence-corrected chi connectivity index (χ2v) is 13.8. The van der Waals surface area contributed by atoms with Crippen molar-refractivity contribution >= 4 is 30.6 Å². The Morgan fingerprint density at radius 2 is 1.88 bits per heavy atom. The van der Waals surface area contributed by atoms with Gasteiger partial charge in [-0.1, -0.05) is 36.5 Å². The van der Waals surface area contributed by atoms with Crippen molar-refractivity contribution in [3.8, 4) is 11.5 Å². The number of para-hydroxylation sites is 1. The number of ether oxygens (including phenoxy) is 3. The molecule has 0 bridgehead atoms. The summed E-state index contributed by atoms with van der Waals surface area (Å²) < 4.78 is 16.4. The molecule has 0 aliphatic carbocycles. The quantitative estimate of drug-likeness (QED) is 0.537. The molecule has 4 rings (SSSR count). The van der Waals surface area contributed by atoms with Gasteiger partial charge in [0.1, 0.15) is 22.9 Å². The molecule has 2 heterocycles. The van der Waals surface area contributed by atoms with Gasteiger partial charge in [0.25, 0.3) is 5.91 Å². The minimum atomic E-state index is -1.39. The van der Waals surface area contributed by atoms with Gasteiger partial charge in [-0.05, 0) is 48.2 Å². The van der Waals surface area contributed by atoms with Crippen molar-refractivity contribution < 1.29 is 23.8 Å². The smallest absolute Gasteiger partial charge is 0.273 e. The third-order valence-corrected chi connectivity index (χ3v) is 9.84. The SMILES string of the molecule is COc1cccc(OC)c1NC(=O)C1OC(Cc2cc3c(cc2C)CC[Si]3(C)C)=CC1=O. The number of ketones is 1. The van der Waals surface area contributed by atoms with Crippen LogP contribution in [-0.2, 0) is 27.2 Å². The van der Waals surface area contributed by atoms with Crippen LogP contribution < -0.4 is 20.0 Å². The first-order chi connectivity index (χ1) is 15.2. The molecule has 1 N–H and O–H groups in total. The van der Waals surface area contributed by atoms with Gasteiger partial charge in [0.15, 0.2) is 0 Å². The van der Waals surface area contributed by atoms with E-state index in [0.29, 0.717) is 29.4 Å². The van der Waals surface area contributed by atoms with Crippen molar-refractivity contribution in [3.63, 3.8) is 0 Å². The fourth-order valence-electron chi connectivity index (χ4n) is 4.53. The highest BCUT2D eigenvalue weighted by Gasteiger charge is 2.36. The largest absolute Gasteiger partial charge is 0.494 e. The summed E-state index contributed by atoms with van der Waals surface area (Å²) in [6.07, 6.45) is 1.87. The number of aryl methyl sites for hydroxylation is 2. The second kappa shape index (κ2) is 8.46. The zero-order valence-electron chi connectivity index (χ0n) is 19.2. The maximum absolute atomic E-state index is 12.9. The number of carbonyl (C=O) groups excluding carboxylic acids is 2. The number of fused-ring (bicyclic) bond motifs is 1. The van der Waals surface area contributed by atoms with Crippen LogP contribution in [0.3, 0.4) is 0 Å². The van der Waals surface area contributed by atoms with Crippen LogP contribution in [0.4, 0.5) is 5.69 Å². The molecule has 0 aromatic heterocycles. The minimum absolute atomic E-state index is 0.361. The summed E-state index contributed by atoms with van der Waals surface area (Å²) in [7, 11) is 1.62. The number of carbonyl (C=O) groups is 2. The molecule has 0 fully saturated rings. The highest BCUT2D eigenvalue weighted by molar-refractivity contribution is 6.91. The standard InChI is InChI=1S/C25H29NO5Si/c1-15-11-16-9-10-32(4,5)22(16)13-17(15)12-18-14-19(27)24(31-18)25(28)26-23-20(29-2)7-6-8-21(23)30-3/h6-8,11,13-14,24H,9-10,12H2,1-5H3,(H,26,28). The van der Waals surface area contributed by atoms with E-state index in [0.717, 1.165) is 12.0 Å². The second-order valence-electron chi connectivity index (χ2n) is 9.03. The molecule has 168 valence electrons. The fourth-order valence-corrected chi connectivity index (χ4v) is 7.32. The Bertz CT molecular complexity index is 1100. The number of allylic oxidation sites excluding steroid dienone is 1. The number of anilines is 1. The highest BCUT2D eigenvalue weighted by Crippen LogP contribution is 2.35. The molecule has 0 saturated heterocycles. The number of amides is 1. The molecule has 0 saturated carbocycles. The summed E-state index contributed by atoms with van der Waals surface area (Å²) in [5.41, 5.74) is 4.18. The maximum Gasteiger partial charge on any atom is 0.273 e. The molecule has 0 spiro atoms. The number of rotatable bonds is 6. The molecule has 2 aromatic rings. The number of hydrogen-bond acceptors (Lipinski definition) is 5. The molecular formula is C25H29NO5Si. The maximum atomic E-state index is 12.9. The van der Waals surface area contributed by atoms with Gasteiger partial charge in [-0.2, -0.15) is 0 Å². The predicted octanol–water partition coefficient (Wildman–Crippen LogP) is 3.52. The fraction of sp³-hybridized carbons (Fsp3) is 0.360. The Morgan fingerprint density at radius 1 is 1.19 bits per heavy atom. The van der Waals surface area contributed by atoms with Crippen LogP contribution in [0, 0.1) is 6.92 Å². The average molecular weight is 452 g/mol. The van der Waals surface area contributed by atoms with Gasteiger partial charge >= 0.3 is 0 Å². The Morgan fingerprint density at radius 3 is 2.53 bits per heavy atom. The number of methoxy groups -OCH3 is 2. The molecule has 7 heteroatoms. The lowest BCUT2D eigenvalue weighted by molar-refractivity contribution is -0.132. The summed E-state index contributed by atoms with van der Waals surface area (Å²) in [5, 5.41) is 4.23. The molecule has 2 aliphatic rings. The van der Waals surface area contributed by atoms with Crippen molar-refractivity contribution in [1.29, 1.82) is 0 Å². The van der Waals surface area contributed by atoms with Gasteiger partial charge in [0, 0.05) is 12.5 Å². The number of nitrogens with one attached hydrogen (secondary N) is 1. The molecule has 6 nitrogen and oxygen atoms in total. The monoisotopic (exact) mass is 451 g/mol. The Hall–Kier alpha value is -3.06. The summed E-state index contributed by atoms with van der Waals surface area (Å²) in [5.74, 6) is 0.486. The van der Waals surface area contributed by atoms with E-state index in [4.69, 9.17) is 14.2 Å². The van der Waals surface area contributed by atoms with E-state index in [2.05, 4.69) is 37.5 Å². The van der Waals surface area contributed by atoms with E-state index in [9.17, 15) is 9.59 Å². The van der Waals surface area contributed by atoms with Gasteiger partial charge in [0.2, 0.25) is 11.9 Å². The van der Waals surface area contributed by atoms with Crippen LogP contribution in [-0.4, -0.2) is 40.1 Å². The molecule has 1 atom stereocenters. The van der Waals surface area contributed by atoms with E-state index in [1.54, 1.807) is 18.2 Å². The molecular weight excluding hydrogens is 422 g/mol. The molecule has 0 radical (unpaired) electrons. The summed E-state index contributed by atoms with van der Waals surface area (Å²) in [6, 6.07) is 11.0. The molecule has 2 aliphatic heterocycles. The van der Waals surface area contributed by atoms with Crippen LogP contribution in [0.2, 0.25) is 19.1 Å². The Labute approximate surface area is 189 Å². The topological polar surface area (TPSA) is 73.9 Å². The van der Waals surface area contributed by atoms with E-state index >= 15 is 0 Å². The van der Waals surface area contributed by atoms with E-state index in [1.807, 2.05) is 0 Å². The third-order valence-electron chi connectivity index (χ3n) is 6.42. The van der Waals surface area contributed by atoms with Crippen LogP contribution >= 0.6 is 0 Å². The van der Waals surface area contributed by atoms with Crippen molar-refractivity contribution in [2.75, 3.05) is 19.5 Å². The van der Waals surface area contributed by atoms with Crippen molar-refractivity contribution in [1.82, 2.24) is 0 Å². The molecule has 2 aromatic carbocycles. The van der Waals surface area contributed by atoms with E-state index in [1.165, 1.54) is 42.7 Å². The zero-order valence-corrected chi connectivity index (χ0v) is 20.2. The van der Waals surface area contributed by atoms with Gasteiger partial charge in [-0.3, -0.25) is 9.59 Å². The third kappa shape index (κ3) is 4.04. The molecule has 1 unspecified atom stereocenters. The van der Waals surface area contributed by atoms with Crippen molar-refractivity contribution in [2.45, 2.75) is 45.0 Å². The minimum Gasteiger partial charge on any atom is -0.494 e. The Kier molecular flexibility index (Phi) is 5.86. The van der Waals surface area contributed by atoms with Crippen molar-refractivity contribution in [2.24, 2.45) is 0 Å². The van der Waals surface area contributed by atoms with Gasteiger partial charge in [-0.25, -0.2) is 0 Å². The van der Waals surface area contributed by atoms with E-state index in [-0.39, 0.29) is 5.78 Å². The lowest BCUT2D eigenvalue weighted by atomic mass is 10.0. The van der Waals surface area contributed by atoms with Crippen molar-refractivity contribution in [3.05, 3.63) is 58.9 Å². The summed E-state index contributed by atoms with van der Waals surface area (Å²) >= 11 is 0. The zero-order chi connectivity index (χ0) is 23.0. The summed E-state index contributed by atoms with van der Waals surface area (Å²) in [4.78, 5) is 25.4. The lowest BCUT2D eigenvalue weighted by Crippen LogP contribution is -2.38. The van der Waals surface area contributed by atoms with Crippen LogP contribution in [0.5, 0.6) is 11.5 Å². The molecule has 32 heavy (non-hydrogen) atoms. The van der Waals surface area contributed by atoms with E-state index < -0.39 is 20.1 Å². The predicted molar refractivity (Wildman–Crippen MR) is 127 cm³/mol.